The molecule has 2 N–H and O–H groups in total. The summed E-state index contributed by atoms with van der Waals surface area (Å²) < 4.78 is 30.4. The van der Waals surface area contributed by atoms with E-state index in [2.05, 4.69) is 37.7 Å². The Kier molecular flexibility index (Phi) is 7.60. The lowest BCUT2D eigenvalue weighted by Gasteiger charge is -2.39. The number of rotatable bonds is 9. The van der Waals surface area contributed by atoms with E-state index in [0.29, 0.717) is 6.54 Å². The van der Waals surface area contributed by atoms with Gasteiger partial charge in [-0.3, -0.25) is 0 Å². The van der Waals surface area contributed by atoms with Gasteiger partial charge in [-0.15, -0.1) is 0 Å². The molecule has 0 amide bonds. The Bertz CT molecular complexity index is 385. The molecular weight excluding hydrogens is 286 g/mol. The molecule has 1 aliphatic heterocycles. The molecule has 1 atom stereocenters. The molecule has 1 heterocycles. The normalized spacial score (nSPS) is 21.6. The fourth-order valence-electron chi connectivity index (χ4n) is 3.10. The van der Waals surface area contributed by atoms with E-state index in [9.17, 15) is 8.42 Å². The van der Waals surface area contributed by atoms with Gasteiger partial charge in [0.15, 0.2) is 0 Å². The van der Waals surface area contributed by atoms with Crippen LogP contribution in [0.3, 0.4) is 0 Å². The standard InChI is InChI=1S/C15H33N3O2S/c1-5-15(6-2,7-3)17-21(19,20)18-12-10-9-11-14(18)13-16-8-4/h14,16-17H,5-13H2,1-4H3. The molecule has 5 nitrogen and oxygen atoms in total. The quantitative estimate of drug-likeness (QED) is 0.685. The third-order valence-corrected chi connectivity index (χ3v) is 6.68. The Morgan fingerprint density at radius 1 is 1.10 bits per heavy atom. The molecule has 0 aromatic heterocycles. The van der Waals surface area contributed by atoms with Crippen molar-refractivity contribution in [2.45, 2.75) is 77.8 Å². The fraction of sp³-hybridized carbons (Fsp3) is 1.00. The van der Waals surface area contributed by atoms with Crippen molar-refractivity contribution in [3.63, 3.8) is 0 Å². The molecule has 0 radical (unpaired) electrons. The van der Waals surface area contributed by atoms with Crippen LogP contribution < -0.4 is 10.0 Å². The average molecular weight is 320 g/mol. The van der Waals surface area contributed by atoms with Gasteiger partial charge in [0.2, 0.25) is 0 Å². The first kappa shape index (κ1) is 18.9. The Morgan fingerprint density at radius 3 is 2.24 bits per heavy atom. The van der Waals surface area contributed by atoms with Crippen LogP contribution in [0.4, 0.5) is 0 Å². The van der Waals surface area contributed by atoms with Crippen molar-refractivity contribution in [2.75, 3.05) is 19.6 Å². The molecule has 1 aliphatic rings. The average Bonchev–Trinajstić information content (AvgIpc) is 2.51. The van der Waals surface area contributed by atoms with Gasteiger partial charge >= 0.3 is 0 Å². The number of hydrogen-bond acceptors (Lipinski definition) is 3. The summed E-state index contributed by atoms with van der Waals surface area (Å²) in [6.45, 7) is 10.5. The van der Waals surface area contributed by atoms with Gasteiger partial charge in [0.25, 0.3) is 10.2 Å². The Labute approximate surface area is 131 Å². The predicted octanol–water partition coefficient (Wildman–Crippen LogP) is 2.25. The number of nitrogens with one attached hydrogen (secondary N) is 2. The summed E-state index contributed by atoms with van der Waals surface area (Å²) in [7, 11) is -3.41. The van der Waals surface area contributed by atoms with Gasteiger partial charge in [-0.2, -0.15) is 17.4 Å². The van der Waals surface area contributed by atoms with Crippen molar-refractivity contribution in [2.24, 2.45) is 0 Å². The van der Waals surface area contributed by atoms with Crippen LogP contribution in [-0.2, 0) is 10.2 Å². The number of likely N-dealkylation sites (N-methyl/N-ethyl adjacent to an activating group) is 1. The topological polar surface area (TPSA) is 61.4 Å². The number of piperidine rings is 1. The minimum Gasteiger partial charge on any atom is -0.315 e. The first-order valence-corrected chi connectivity index (χ1v) is 9.90. The van der Waals surface area contributed by atoms with Crippen molar-refractivity contribution in [3.8, 4) is 0 Å². The number of nitrogens with zero attached hydrogens (tertiary/aromatic N) is 1. The Hall–Kier alpha value is -0.170. The van der Waals surface area contributed by atoms with E-state index in [4.69, 9.17) is 0 Å². The van der Waals surface area contributed by atoms with Crippen LogP contribution in [0, 0.1) is 0 Å². The molecule has 0 bridgehead atoms. The Morgan fingerprint density at radius 2 is 1.71 bits per heavy atom. The van der Waals surface area contributed by atoms with Crippen LogP contribution in [0.2, 0.25) is 0 Å². The maximum Gasteiger partial charge on any atom is 0.280 e. The van der Waals surface area contributed by atoms with Crippen molar-refractivity contribution >= 4 is 10.2 Å². The highest BCUT2D eigenvalue weighted by molar-refractivity contribution is 7.87. The maximum atomic E-state index is 12.8. The SMILES string of the molecule is CCNCC1CCCCN1S(=O)(=O)NC(CC)(CC)CC. The first-order valence-electron chi connectivity index (χ1n) is 8.46. The molecule has 126 valence electrons. The lowest BCUT2D eigenvalue weighted by molar-refractivity contribution is 0.234. The van der Waals surface area contributed by atoms with Crippen LogP contribution in [-0.4, -0.2) is 43.9 Å². The van der Waals surface area contributed by atoms with Crippen LogP contribution in [0.5, 0.6) is 0 Å². The summed E-state index contributed by atoms with van der Waals surface area (Å²) in [6, 6.07) is 0.0828. The molecule has 0 aromatic rings. The molecule has 1 saturated heterocycles. The highest BCUT2D eigenvalue weighted by Crippen LogP contribution is 2.25. The van der Waals surface area contributed by atoms with Crippen molar-refractivity contribution in [1.82, 2.24) is 14.3 Å². The summed E-state index contributed by atoms with van der Waals surface area (Å²) in [5.41, 5.74) is -0.307. The van der Waals surface area contributed by atoms with E-state index < -0.39 is 10.2 Å². The summed E-state index contributed by atoms with van der Waals surface area (Å²) in [5.74, 6) is 0. The van der Waals surface area contributed by atoms with E-state index in [1.165, 1.54) is 0 Å². The maximum absolute atomic E-state index is 12.8. The van der Waals surface area contributed by atoms with Crippen LogP contribution >= 0.6 is 0 Å². The second-order valence-electron chi connectivity index (χ2n) is 6.02. The molecule has 1 rings (SSSR count). The van der Waals surface area contributed by atoms with Crippen molar-refractivity contribution in [1.29, 1.82) is 0 Å². The predicted molar refractivity (Wildman–Crippen MR) is 88.5 cm³/mol. The van der Waals surface area contributed by atoms with E-state index in [-0.39, 0.29) is 11.6 Å². The molecule has 1 fully saturated rings. The molecule has 0 aliphatic carbocycles. The summed E-state index contributed by atoms with van der Waals surface area (Å²) in [6.07, 6.45) is 5.50. The van der Waals surface area contributed by atoms with Gasteiger partial charge in [-0.1, -0.05) is 34.1 Å². The monoisotopic (exact) mass is 319 g/mol. The van der Waals surface area contributed by atoms with Gasteiger partial charge < -0.3 is 5.32 Å². The van der Waals surface area contributed by atoms with Crippen molar-refractivity contribution in [3.05, 3.63) is 0 Å². The van der Waals surface area contributed by atoms with E-state index >= 15 is 0 Å². The zero-order valence-electron chi connectivity index (χ0n) is 14.1. The third kappa shape index (κ3) is 4.91. The highest BCUT2D eigenvalue weighted by atomic mass is 32.2. The highest BCUT2D eigenvalue weighted by Gasteiger charge is 2.37. The largest absolute Gasteiger partial charge is 0.315 e. The van der Waals surface area contributed by atoms with Gasteiger partial charge in [0.1, 0.15) is 0 Å². The minimum absolute atomic E-state index is 0.0828. The van der Waals surface area contributed by atoms with Gasteiger partial charge in [-0.05, 0) is 38.6 Å². The molecule has 0 saturated carbocycles. The minimum atomic E-state index is -3.41. The third-order valence-electron chi connectivity index (χ3n) is 4.89. The van der Waals surface area contributed by atoms with E-state index in [1.807, 2.05) is 0 Å². The Balaban J connectivity index is 2.87. The van der Waals surface area contributed by atoms with Gasteiger partial charge in [-0.25, -0.2) is 0 Å². The van der Waals surface area contributed by atoms with E-state index in [0.717, 1.165) is 51.6 Å². The molecular formula is C15H33N3O2S. The van der Waals surface area contributed by atoms with Crippen molar-refractivity contribution < 1.29 is 8.42 Å². The second-order valence-corrected chi connectivity index (χ2v) is 7.64. The smallest absolute Gasteiger partial charge is 0.280 e. The van der Waals surface area contributed by atoms with Crippen LogP contribution in [0.25, 0.3) is 0 Å². The first-order chi connectivity index (χ1) is 9.94. The summed E-state index contributed by atoms with van der Waals surface area (Å²) in [5, 5.41) is 3.29. The van der Waals surface area contributed by atoms with Gasteiger partial charge in [0, 0.05) is 24.7 Å². The van der Waals surface area contributed by atoms with E-state index in [1.54, 1.807) is 4.31 Å². The lowest BCUT2D eigenvalue weighted by atomic mass is 9.91. The van der Waals surface area contributed by atoms with Crippen LogP contribution in [0.15, 0.2) is 0 Å². The molecule has 1 unspecified atom stereocenters. The van der Waals surface area contributed by atoms with Crippen LogP contribution in [0.1, 0.15) is 66.2 Å². The summed E-state index contributed by atoms with van der Waals surface area (Å²) >= 11 is 0. The molecule has 21 heavy (non-hydrogen) atoms. The zero-order chi connectivity index (χ0) is 15.9. The zero-order valence-corrected chi connectivity index (χ0v) is 14.9. The second kappa shape index (κ2) is 8.46. The number of hydrogen-bond donors (Lipinski definition) is 2. The summed E-state index contributed by atoms with van der Waals surface area (Å²) in [4.78, 5) is 0. The fourth-order valence-corrected chi connectivity index (χ4v) is 5.14. The molecule has 0 spiro atoms. The molecule has 0 aromatic carbocycles. The lowest BCUT2D eigenvalue weighted by Crippen LogP contribution is -2.57. The van der Waals surface area contributed by atoms with Gasteiger partial charge in [0.05, 0.1) is 0 Å². The molecule has 6 heteroatoms.